The van der Waals surface area contributed by atoms with Gasteiger partial charge in [-0.15, -0.1) is 0 Å². The first kappa shape index (κ1) is 16.0. The lowest BCUT2D eigenvalue weighted by Crippen LogP contribution is -2.24. The van der Waals surface area contributed by atoms with E-state index in [2.05, 4.69) is 25.9 Å². The molecule has 2 N–H and O–H groups in total. The lowest BCUT2D eigenvalue weighted by Gasteiger charge is -2.20. The molecule has 1 heterocycles. The topological polar surface area (TPSA) is 71.5 Å². The van der Waals surface area contributed by atoms with E-state index in [4.69, 9.17) is 19.9 Å². The van der Waals surface area contributed by atoms with Crippen molar-refractivity contribution in [1.29, 1.82) is 0 Å². The number of methoxy groups -OCH3 is 3. The van der Waals surface area contributed by atoms with Gasteiger partial charge in [0.2, 0.25) is 5.75 Å². The molecule has 0 amide bonds. The van der Waals surface area contributed by atoms with E-state index in [-0.39, 0.29) is 5.54 Å². The Morgan fingerprint density at radius 1 is 0.955 bits per heavy atom. The molecule has 2 aromatic rings. The van der Waals surface area contributed by atoms with Gasteiger partial charge in [0.25, 0.3) is 0 Å². The third kappa shape index (κ3) is 2.81. The van der Waals surface area contributed by atoms with E-state index in [0.29, 0.717) is 23.1 Å². The second kappa shape index (κ2) is 5.79. The Morgan fingerprint density at radius 2 is 1.50 bits per heavy atom. The Morgan fingerprint density at radius 3 is 1.86 bits per heavy atom. The zero-order valence-electron chi connectivity index (χ0n) is 13.9. The first-order valence-corrected chi connectivity index (χ1v) is 6.98. The van der Waals surface area contributed by atoms with Gasteiger partial charge in [-0.25, -0.2) is 4.68 Å². The molecule has 120 valence electrons. The SMILES string of the molecule is COc1cc(-c2cc(N)n(C(C)(C)C)n2)cc(OC)c1OC. The first-order chi connectivity index (χ1) is 10.3. The van der Waals surface area contributed by atoms with Gasteiger partial charge >= 0.3 is 0 Å². The summed E-state index contributed by atoms with van der Waals surface area (Å²) in [5.74, 6) is 2.33. The van der Waals surface area contributed by atoms with Crippen LogP contribution < -0.4 is 19.9 Å². The molecule has 2 rings (SSSR count). The first-order valence-electron chi connectivity index (χ1n) is 6.98. The summed E-state index contributed by atoms with van der Waals surface area (Å²) in [5.41, 5.74) is 7.49. The summed E-state index contributed by atoms with van der Waals surface area (Å²) in [6.07, 6.45) is 0. The third-order valence-corrected chi connectivity index (χ3v) is 3.33. The molecular formula is C16H23N3O3. The van der Waals surface area contributed by atoms with Crippen molar-refractivity contribution in [3.8, 4) is 28.5 Å². The van der Waals surface area contributed by atoms with Gasteiger partial charge in [0.05, 0.1) is 32.6 Å². The Kier molecular flexibility index (Phi) is 4.21. The van der Waals surface area contributed by atoms with Crippen molar-refractivity contribution in [1.82, 2.24) is 9.78 Å². The summed E-state index contributed by atoms with van der Waals surface area (Å²) < 4.78 is 17.9. The minimum atomic E-state index is -0.191. The fourth-order valence-corrected chi connectivity index (χ4v) is 2.30. The van der Waals surface area contributed by atoms with Crippen LogP contribution in [-0.2, 0) is 5.54 Å². The summed E-state index contributed by atoms with van der Waals surface area (Å²) in [4.78, 5) is 0. The van der Waals surface area contributed by atoms with E-state index in [1.807, 2.05) is 18.2 Å². The molecule has 0 spiro atoms. The van der Waals surface area contributed by atoms with Crippen LogP contribution in [0.15, 0.2) is 18.2 Å². The fraction of sp³-hybridized carbons (Fsp3) is 0.438. The fourth-order valence-electron chi connectivity index (χ4n) is 2.30. The van der Waals surface area contributed by atoms with Crippen LogP contribution in [0.5, 0.6) is 17.2 Å². The van der Waals surface area contributed by atoms with Crippen molar-refractivity contribution in [2.75, 3.05) is 27.1 Å². The number of anilines is 1. The summed E-state index contributed by atoms with van der Waals surface area (Å²) in [6, 6.07) is 5.55. The largest absolute Gasteiger partial charge is 0.493 e. The van der Waals surface area contributed by atoms with Gasteiger partial charge in [-0.2, -0.15) is 5.10 Å². The summed E-state index contributed by atoms with van der Waals surface area (Å²) in [7, 11) is 4.75. The van der Waals surface area contributed by atoms with E-state index >= 15 is 0 Å². The van der Waals surface area contributed by atoms with Crippen molar-refractivity contribution in [3.63, 3.8) is 0 Å². The molecule has 0 bridgehead atoms. The molecular weight excluding hydrogens is 282 g/mol. The van der Waals surface area contributed by atoms with Gasteiger partial charge in [-0.05, 0) is 32.9 Å². The number of rotatable bonds is 4. The highest BCUT2D eigenvalue weighted by atomic mass is 16.5. The van der Waals surface area contributed by atoms with E-state index in [1.165, 1.54) is 0 Å². The van der Waals surface area contributed by atoms with Gasteiger partial charge in [0.1, 0.15) is 5.82 Å². The molecule has 0 aliphatic rings. The lowest BCUT2D eigenvalue weighted by atomic mass is 10.1. The smallest absolute Gasteiger partial charge is 0.203 e. The Labute approximate surface area is 130 Å². The molecule has 1 aromatic heterocycles. The van der Waals surface area contributed by atoms with Gasteiger partial charge in [0.15, 0.2) is 11.5 Å². The second-order valence-corrected chi connectivity index (χ2v) is 5.95. The summed E-state index contributed by atoms with van der Waals surface area (Å²) >= 11 is 0. The molecule has 0 saturated carbocycles. The van der Waals surface area contributed by atoms with Crippen molar-refractivity contribution in [3.05, 3.63) is 18.2 Å². The van der Waals surface area contributed by atoms with Crippen LogP contribution in [-0.4, -0.2) is 31.1 Å². The Balaban J connectivity index is 2.58. The predicted molar refractivity (Wildman–Crippen MR) is 86.7 cm³/mol. The molecule has 0 saturated heterocycles. The highest BCUT2D eigenvalue weighted by molar-refractivity contribution is 5.70. The number of benzene rings is 1. The summed E-state index contributed by atoms with van der Waals surface area (Å²) in [6.45, 7) is 6.15. The predicted octanol–water partition coefficient (Wildman–Crippen LogP) is 2.91. The van der Waals surface area contributed by atoms with Gasteiger partial charge < -0.3 is 19.9 Å². The van der Waals surface area contributed by atoms with Crippen molar-refractivity contribution in [2.24, 2.45) is 0 Å². The number of nitrogen functional groups attached to an aromatic ring is 1. The standard InChI is InChI=1S/C16H23N3O3/c1-16(2,3)19-14(17)9-11(18-19)10-7-12(20-4)15(22-6)13(8-10)21-5/h7-9H,17H2,1-6H3. The van der Waals surface area contributed by atoms with Crippen molar-refractivity contribution < 1.29 is 14.2 Å². The molecule has 0 aliphatic heterocycles. The van der Waals surface area contributed by atoms with Crippen LogP contribution in [0.25, 0.3) is 11.3 Å². The number of hydrogen-bond acceptors (Lipinski definition) is 5. The number of nitrogens with zero attached hydrogens (tertiary/aromatic N) is 2. The zero-order valence-corrected chi connectivity index (χ0v) is 13.9. The van der Waals surface area contributed by atoms with E-state index < -0.39 is 0 Å². The van der Waals surface area contributed by atoms with Crippen molar-refractivity contribution >= 4 is 5.82 Å². The molecule has 0 aliphatic carbocycles. The van der Waals surface area contributed by atoms with Crippen molar-refractivity contribution in [2.45, 2.75) is 26.3 Å². The van der Waals surface area contributed by atoms with E-state index in [1.54, 1.807) is 26.0 Å². The van der Waals surface area contributed by atoms with Gasteiger partial charge in [-0.3, -0.25) is 0 Å². The van der Waals surface area contributed by atoms with Gasteiger partial charge in [-0.1, -0.05) is 0 Å². The molecule has 0 fully saturated rings. The highest BCUT2D eigenvalue weighted by Crippen LogP contribution is 2.41. The molecule has 22 heavy (non-hydrogen) atoms. The number of nitrogens with two attached hydrogens (primary N) is 1. The average molecular weight is 305 g/mol. The number of aromatic nitrogens is 2. The van der Waals surface area contributed by atoms with Gasteiger partial charge in [0, 0.05) is 11.6 Å². The Bertz CT molecular complexity index is 647. The molecule has 0 unspecified atom stereocenters. The Hall–Kier alpha value is -2.37. The van der Waals surface area contributed by atoms with Crippen LogP contribution in [0, 0.1) is 0 Å². The maximum atomic E-state index is 6.08. The summed E-state index contributed by atoms with van der Waals surface area (Å²) in [5, 5.41) is 4.60. The normalized spacial score (nSPS) is 11.4. The highest BCUT2D eigenvalue weighted by Gasteiger charge is 2.20. The quantitative estimate of drug-likeness (QED) is 0.940. The van der Waals surface area contributed by atoms with Crippen LogP contribution in [0.3, 0.4) is 0 Å². The van der Waals surface area contributed by atoms with E-state index in [0.717, 1.165) is 11.3 Å². The minimum absolute atomic E-state index is 0.191. The molecule has 1 aromatic carbocycles. The molecule has 0 atom stereocenters. The second-order valence-electron chi connectivity index (χ2n) is 5.95. The molecule has 6 heteroatoms. The van der Waals surface area contributed by atoms with Crippen LogP contribution in [0.4, 0.5) is 5.82 Å². The zero-order chi connectivity index (χ0) is 16.5. The number of ether oxygens (including phenoxy) is 3. The third-order valence-electron chi connectivity index (χ3n) is 3.33. The molecule has 6 nitrogen and oxygen atoms in total. The lowest BCUT2D eigenvalue weighted by molar-refractivity contribution is 0.324. The van der Waals surface area contributed by atoms with Crippen LogP contribution in [0.2, 0.25) is 0 Å². The maximum Gasteiger partial charge on any atom is 0.203 e. The molecule has 0 radical (unpaired) electrons. The van der Waals surface area contributed by atoms with E-state index in [9.17, 15) is 0 Å². The average Bonchev–Trinajstić information content (AvgIpc) is 2.87. The monoisotopic (exact) mass is 305 g/mol. The maximum absolute atomic E-state index is 6.08. The van der Waals surface area contributed by atoms with Crippen LogP contribution >= 0.6 is 0 Å². The minimum Gasteiger partial charge on any atom is -0.493 e. The number of hydrogen-bond donors (Lipinski definition) is 1. The van der Waals surface area contributed by atoms with Crippen LogP contribution in [0.1, 0.15) is 20.8 Å².